The second-order valence-corrected chi connectivity index (χ2v) is 5.37. The number of ether oxygens (including phenoxy) is 1. The summed E-state index contributed by atoms with van der Waals surface area (Å²) in [6.45, 7) is 9.23. The van der Waals surface area contributed by atoms with Gasteiger partial charge >= 0.3 is 0 Å². The Hall–Kier alpha value is -0.120. The molecule has 2 aliphatic rings. The van der Waals surface area contributed by atoms with Crippen LogP contribution in [0.25, 0.3) is 0 Å². The second kappa shape index (κ2) is 6.58. The van der Waals surface area contributed by atoms with Gasteiger partial charge in [0.25, 0.3) is 0 Å². The average molecular weight is 226 g/mol. The molecule has 0 radical (unpaired) electrons. The molecule has 0 aromatic rings. The van der Waals surface area contributed by atoms with Crippen LogP contribution in [0.1, 0.15) is 32.6 Å². The van der Waals surface area contributed by atoms with Crippen LogP contribution in [0.4, 0.5) is 0 Å². The molecule has 94 valence electrons. The summed E-state index contributed by atoms with van der Waals surface area (Å²) in [5.41, 5.74) is 0. The van der Waals surface area contributed by atoms with Gasteiger partial charge in [-0.3, -0.25) is 0 Å². The molecule has 2 saturated heterocycles. The molecule has 0 aromatic carbocycles. The molecule has 0 saturated carbocycles. The Morgan fingerprint density at radius 3 is 2.81 bits per heavy atom. The van der Waals surface area contributed by atoms with Gasteiger partial charge < -0.3 is 15.0 Å². The normalized spacial score (nSPS) is 29.4. The first-order chi connectivity index (χ1) is 7.84. The van der Waals surface area contributed by atoms with Crippen LogP contribution >= 0.6 is 0 Å². The maximum atomic E-state index is 5.94. The van der Waals surface area contributed by atoms with Crippen LogP contribution in [0, 0.1) is 5.92 Å². The lowest BCUT2D eigenvalue weighted by molar-refractivity contribution is 0.0150. The van der Waals surface area contributed by atoms with Crippen molar-refractivity contribution in [2.24, 2.45) is 5.92 Å². The molecule has 2 heterocycles. The maximum absolute atomic E-state index is 5.94. The van der Waals surface area contributed by atoms with Crippen molar-refractivity contribution in [3.8, 4) is 0 Å². The predicted octanol–water partition coefficient (Wildman–Crippen LogP) is 1.49. The van der Waals surface area contributed by atoms with E-state index >= 15 is 0 Å². The van der Waals surface area contributed by atoms with Crippen LogP contribution in [-0.2, 0) is 4.74 Å². The molecule has 3 nitrogen and oxygen atoms in total. The first-order valence-corrected chi connectivity index (χ1v) is 6.89. The smallest absolute Gasteiger partial charge is 0.0600 e. The fraction of sp³-hybridized carbons (Fsp3) is 1.00. The summed E-state index contributed by atoms with van der Waals surface area (Å²) in [7, 11) is 0. The highest BCUT2D eigenvalue weighted by Crippen LogP contribution is 2.15. The molecule has 0 aromatic heterocycles. The van der Waals surface area contributed by atoms with Crippen LogP contribution < -0.4 is 5.32 Å². The van der Waals surface area contributed by atoms with Gasteiger partial charge in [-0.2, -0.15) is 0 Å². The maximum Gasteiger partial charge on any atom is 0.0600 e. The van der Waals surface area contributed by atoms with Crippen molar-refractivity contribution >= 4 is 0 Å². The van der Waals surface area contributed by atoms with Crippen molar-refractivity contribution in [3.63, 3.8) is 0 Å². The minimum atomic E-state index is 0.517. The van der Waals surface area contributed by atoms with Gasteiger partial charge in [0.15, 0.2) is 0 Å². The van der Waals surface area contributed by atoms with E-state index in [0.717, 1.165) is 32.2 Å². The van der Waals surface area contributed by atoms with Gasteiger partial charge in [-0.1, -0.05) is 6.92 Å². The Morgan fingerprint density at radius 2 is 2.06 bits per heavy atom. The number of piperidine rings is 2. The largest absolute Gasteiger partial charge is 0.377 e. The summed E-state index contributed by atoms with van der Waals surface area (Å²) < 4.78 is 5.94. The Labute approximate surface area is 99.5 Å². The molecule has 1 unspecified atom stereocenters. The van der Waals surface area contributed by atoms with E-state index in [1.807, 2.05) is 0 Å². The highest BCUT2D eigenvalue weighted by atomic mass is 16.5. The van der Waals surface area contributed by atoms with Crippen molar-refractivity contribution in [1.29, 1.82) is 0 Å². The Balaban J connectivity index is 1.56. The highest BCUT2D eigenvalue weighted by Gasteiger charge is 2.17. The molecule has 2 rings (SSSR count). The Morgan fingerprint density at radius 1 is 1.25 bits per heavy atom. The Kier molecular flexibility index (Phi) is 5.07. The van der Waals surface area contributed by atoms with Crippen molar-refractivity contribution in [2.75, 3.05) is 39.3 Å². The molecule has 2 aliphatic heterocycles. The predicted molar refractivity (Wildman–Crippen MR) is 66.7 cm³/mol. The second-order valence-electron chi connectivity index (χ2n) is 5.37. The zero-order valence-electron chi connectivity index (χ0n) is 10.6. The summed E-state index contributed by atoms with van der Waals surface area (Å²) in [4.78, 5) is 2.56. The van der Waals surface area contributed by atoms with E-state index in [0.29, 0.717) is 6.10 Å². The van der Waals surface area contributed by atoms with E-state index in [1.54, 1.807) is 0 Å². The Bertz CT molecular complexity index is 192. The number of nitrogens with zero attached hydrogens (tertiary/aromatic N) is 1. The molecule has 0 amide bonds. The van der Waals surface area contributed by atoms with Crippen molar-refractivity contribution < 1.29 is 4.74 Å². The number of likely N-dealkylation sites (tertiary alicyclic amines) is 1. The van der Waals surface area contributed by atoms with Crippen molar-refractivity contribution in [3.05, 3.63) is 0 Å². The number of rotatable bonds is 4. The third-order valence-corrected chi connectivity index (χ3v) is 3.79. The van der Waals surface area contributed by atoms with Crippen molar-refractivity contribution in [2.45, 2.75) is 38.7 Å². The molecule has 3 heteroatoms. The lowest BCUT2D eigenvalue weighted by Crippen LogP contribution is -2.38. The zero-order valence-corrected chi connectivity index (χ0v) is 10.6. The SMILES string of the molecule is CC1CCCN(CCOC2CCNCC2)C1. The topological polar surface area (TPSA) is 24.5 Å². The van der Waals surface area contributed by atoms with Crippen LogP contribution in [0.5, 0.6) is 0 Å². The van der Waals surface area contributed by atoms with E-state index in [9.17, 15) is 0 Å². The number of hydrogen-bond donors (Lipinski definition) is 1. The first kappa shape index (κ1) is 12.3. The summed E-state index contributed by atoms with van der Waals surface area (Å²) in [6.07, 6.45) is 5.68. The summed E-state index contributed by atoms with van der Waals surface area (Å²) in [6, 6.07) is 0. The van der Waals surface area contributed by atoms with E-state index in [2.05, 4.69) is 17.1 Å². The quantitative estimate of drug-likeness (QED) is 0.786. The van der Waals surface area contributed by atoms with E-state index in [1.165, 1.54) is 38.8 Å². The first-order valence-electron chi connectivity index (χ1n) is 6.89. The van der Waals surface area contributed by atoms with Gasteiger partial charge in [-0.25, -0.2) is 0 Å². The van der Waals surface area contributed by atoms with Gasteiger partial charge in [0.1, 0.15) is 0 Å². The van der Waals surface area contributed by atoms with Crippen molar-refractivity contribution in [1.82, 2.24) is 10.2 Å². The third-order valence-electron chi connectivity index (χ3n) is 3.79. The van der Waals surface area contributed by atoms with E-state index in [4.69, 9.17) is 4.74 Å². The lowest BCUT2D eigenvalue weighted by atomic mass is 10.0. The summed E-state index contributed by atoms with van der Waals surface area (Å²) >= 11 is 0. The summed E-state index contributed by atoms with van der Waals surface area (Å²) in [5.74, 6) is 0.882. The molecule has 0 spiro atoms. The fourth-order valence-corrected chi connectivity index (χ4v) is 2.80. The van der Waals surface area contributed by atoms with E-state index < -0.39 is 0 Å². The number of nitrogens with one attached hydrogen (secondary N) is 1. The molecule has 0 bridgehead atoms. The molecule has 2 fully saturated rings. The fourth-order valence-electron chi connectivity index (χ4n) is 2.80. The molecular formula is C13H26N2O. The molecule has 1 atom stereocenters. The van der Waals surface area contributed by atoms with Crippen LogP contribution in [0.15, 0.2) is 0 Å². The van der Waals surface area contributed by atoms with Gasteiger partial charge in [-0.15, -0.1) is 0 Å². The van der Waals surface area contributed by atoms with Gasteiger partial charge in [0.2, 0.25) is 0 Å². The number of hydrogen-bond acceptors (Lipinski definition) is 3. The van der Waals surface area contributed by atoms with Crippen LogP contribution in [0.2, 0.25) is 0 Å². The highest BCUT2D eigenvalue weighted by molar-refractivity contribution is 4.71. The van der Waals surface area contributed by atoms with Crippen LogP contribution in [0.3, 0.4) is 0 Å². The average Bonchev–Trinajstić information content (AvgIpc) is 2.30. The van der Waals surface area contributed by atoms with Crippen LogP contribution in [-0.4, -0.2) is 50.3 Å². The van der Waals surface area contributed by atoms with Gasteiger partial charge in [0.05, 0.1) is 12.7 Å². The molecular weight excluding hydrogens is 200 g/mol. The monoisotopic (exact) mass is 226 g/mol. The van der Waals surface area contributed by atoms with E-state index in [-0.39, 0.29) is 0 Å². The lowest BCUT2D eigenvalue weighted by Gasteiger charge is -2.31. The summed E-state index contributed by atoms with van der Waals surface area (Å²) in [5, 5.41) is 3.37. The zero-order chi connectivity index (χ0) is 11.2. The minimum absolute atomic E-state index is 0.517. The third kappa shape index (κ3) is 4.04. The standard InChI is InChI=1S/C13H26N2O/c1-12-3-2-8-15(11-12)9-10-16-13-4-6-14-7-5-13/h12-14H,2-11H2,1H3. The molecule has 0 aliphatic carbocycles. The molecule has 16 heavy (non-hydrogen) atoms. The van der Waals surface area contributed by atoms with Gasteiger partial charge in [-0.05, 0) is 51.2 Å². The minimum Gasteiger partial charge on any atom is -0.377 e. The van der Waals surface area contributed by atoms with Gasteiger partial charge in [0, 0.05) is 13.1 Å². The molecule has 1 N–H and O–H groups in total.